The molecule has 3 aromatic carbocycles. The first kappa shape index (κ1) is 35.6. The normalized spacial score (nSPS) is 26.2. The van der Waals surface area contributed by atoms with E-state index in [1.807, 2.05) is 0 Å². The SMILES string of the molecule is COc1cccc2c1C(=O)c1c(O)c3c(c(O)c1C2=O)C[C@@](O)(C(=O)CO)C[C@@H]3OC1CC(NOS(=O)(=O)c2ccc(C)cc2)C(O)C(C)O1. The highest BCUT2D eigenvalue weighted by molar-refractivity contribution is 7.86. The Hall–Kier alpha value is -4.26. The molecule has 4 unspecified atom stereocenters. The summed E-state index contributed by atoms with van der Waals surface area (Å²) < 4.78 is 47.9. The van der Waals surface area contributed by atoms with Crippen molar-refractivity contribution < 1.29 is 66.8 Å². The van der Waals surface area contributed by atoms with Crippen molar-refractivity contribution in [2.45, 2.75) is 74.3 Å². The first-order chi connectivity index (χ1) is 23.6. The molecule has 0 bridgehead atoms. The third kappa shape index (κ3) is 5.96. The lowest BCUT2D eigenvalue weighted by atomic mass is 9.72. The molecule has 1 saturated heterocycles. The van der Waals surface area contributed by atoms with Crippen LogP contribution in [0.5, 0.6) is 17.2 Å². The van der Waals surface area contributed by atoms with E-state index in [-0.39, 0.29) is 39.3 Å². The Kier molecular flexibility index (Phi) is 9.34. The minimum absolute atomic E-state index is 0.0483. The highest BCUT2D eigenvalue weighted by atomic mass is 32.2. The van der Waals surface area contributed by atoms with Gasteiger partial charge in [0.1, 0.15) is 29.5 Å². The highest BCUT2D eigenvalue weighted by Crippen LogP contribution is 2.52. The number of aliphatic hydroxyl groups is 3. The summed E-state index contributed by atoms with van der Waals surface area (Å²) >= 11 is 0. The number of methoxy groups -OCH3 is 1. The van der Waals surface area contributed by atoms with Gasteiger partial charge in [-0.2, -0.15) is 18.2 Å². The van der Waals surface area contributed by atoms with Crippen molar-refractivity contribution in [2.75, 3.05) is 13.7 Å². The molecule has 1 fully saturated rings. The molecule has 6 atom stereocenters. The number of ether oxygens (including phenoxy) is 3. The van der Waals surface area contributed by atoms with Crippen LogP contribution in [0.2, 0.25) is 0 Å². The molecule has 0 amide bonds. The third-order valence-electron chi connectivity index (χ3n) is 9.38. The molecule has 0 radical (unpaired) electrons. The molecule has 6 N–H and O–H groups in total. The van der Waals surface area contributed by atoms with Crippen molar-refractivity contribution in [3.63, 3.8) is 0 Å². The largest absolute Gasteiger partial charge is 0.507 e. The predicted molar refractivity (Wildman–Crippen MR) is 170 cm³/mol. The number of benzene rings is 3. The van der Waals surface area contributed by atoms with Gasteiger partial charge in [0.25, 0.3) is 0 Å². The highest BCUT2D eigenvalue weighted by Gasteiger charge is 2.50. The molecule has 1 heterocycles. The van der Waals surface area contributed by atoms with E-state index in [9.17, 15) is 48.3 Å². The Morgan fingerprint density at radius 2 is 1.72 bits per heavy atom. The number of carbonyl (C=O) groups is 3. The van der Waals surface area contributed by atoms with Gasteiger partial charge in [0.15, 0.2) is 17.9 Å². The lowest BCUT2D eigenvalue weighted by molar-refractivity contribution is -0.254. The Labute approximate surface area is 286 Å². The standard InChI is InChI=1S/C34H35NO14S/c1-15-7-9-17(10-8-15)50(44,45)49-35-20-11-24(47-16(2)29(20)38)48-22-13-34(43,23(37)14-36)12-19-26(22)33(42)28-27(31(19)40)30(39)18-5-4-6-21(46-3)25(18)32(28)41/h4-10,16,20,22,24,29,35-36,38,40,42-43H,11-14H2,1-3H3/t16?,20?,22-,24?,29?,34-/m0/s1. The summed E-state index contributed by atoms with van der Waals surface area (Å²) in [5.41, 5.74) is -1.02. The van der Waals surface area contributed by atoms with E-state index in [4.69, 9.17) is 18.5 Å². The van der Waals surface area contributed by atoms with Crippen LogP contribution in [0.1, 0.15) is 74.4 Å². The van der Waals surface area contributed by atoms with E-state index in [0.717, 1.165) is 5.56 Å². The number of phenols is 2. The van der Waals surface area contributed by atoms with Gasteiger partial charge < -0.3 is 39.7 Å². The van der Waals surface area contributed by atoms with Gasteiger partial charge in [-0.05, 0) is 32.0 Å². The average molecular weight is 714 g/mol. The molecule has 6 rings (SSSR count). The second-order valence-electron chi connectivity index (χ2n) is 12.6. The van der Waals surface area contributed by atoms with Gasteiger partial charge in [0, 0.05) is 36.0 Å². The molecule has 50 heavy (non-hydrogen) atoms. The molecular formula is C34H35NO14S. The Morgan fingerprint density at radius 3 is 2.38 bits per heavy atom. The molecule has 0 saturated carbocycles. The molecule has 0 spiro atoms. The fourth-order valence-corrected chi connectivity index (χ4v) is 7.53. The molecule has 16 heteroatoms. The van der Waals surface area contributed by atoms with Gasteiger partial charge in [-0.1, -0.05) is 29.8 Å². The van der Waals surface area contributed by atoms with Crippen molar-refractivity contribution in [3.8, 4) is 17.2 Å². The van der Waals surface area contributed by atoms with Gasteiger partial charge in [0.05, 0.1) is 53.0 Å². The Bertz CT molecular complexity index is 2000. The minimum atomic E-state index is -4.31. The number of hydrogen-bond acceptors (Lipinski definition) is 15. The summed E-state index contributed by atoms with van der Waals surface area (Å²) in [5.74, 6) is -4.19. The maximum Gasteiger partial charge on any atom is 0.312 e. The number of rotatable bonds is 9. The quantitative estimate of drug-likeness (QED) is 0.106. The summed E-state index contributed by atoms with van der Waals surface area (Å²) in [6, 6.07) is 9.03. The number of hydroxylamine groups is 1. The van der Waals surface area contributed by atoms with Crippen LogP contribution in [0.25, 0.3) is 0 Å². The van der Waals surface area contributed by atoms with E-state index in [0.29, 0.717) is 0 Å². The van der Waals surface area contributed by atoms with Crippen LogP contribution in [0.3, 0.4) is 0 Å². The maximum absolute atomic E-state index is 13.9. The van der Waals surface area contributed by atoms with Crippen molar-refractivity contribution in [1.29, 1.82) is 0 Å². The van der Waals surface area contributed by atoms with Gasteiger partial charge >= 0.3 is 10.1 Å². The number of fused-ring (bicyclic) bond motifs is 3. The number of nitrogens with one attached hydrogen (secondary N) is 1. The van der Waals surface area contributed by atoms with Crippen molar-refractivity contribution in [2.24, 2.45) is 0 Å². The number of aliphatic hydroxyl groups excluding tert-OH is 2. The molecule has 0 aromatic heterocycles. The monoisotopic (exact) mass is 713 g/mol. The first-order valence-corrected chi connectivity index (χ1v) is 17.0. The Morgan fingerprint density at radius 1 is 1.04 bits per heavy atom. The molecule has 15 nitrogen and oxygen atoms in total. The number of Topliss-reactive ketones (excluding diaryl/α,β-unsaturated/α-hetero) is 1. The predicted octanol–water partition coefficient (Wildman–Crippen LogP) is 1.26. The van der Waals surface area contributed by atoms with Crippen LogP contribution in [-0.2, 0) is 35.1 Å². The Balaban J connectivity index is 1.36. The number of ketones is 3. The molecule has 3 aromatic rings. The van der Waals surface area contributed by atoms with E-state index in [1.54, 1.807) is 19.1 Å². The van der Waals surface area contributed by atoms with Gasteiger partial charge in [0.2, 0.25) is 5.78 Å². The topological polar surface area (TPSA) is 235 Å². The van der Waals surface area contributed by atoms with Crippen molar-refractivity contribution >= 4 is 27.5 Å². The minimum Gasteiger partial charge on any atom is -0.507 e. The lowest BCUT2D eigenvalue weighted by Crippen LogP contribution is -2.55. The van der Waals surface area contributed by atoms with Gasteiger partial charge in [-0.25, -0.2) is 0 Å². The number of aromatic hydroxyl groups is 2. The average Bonchev–Trinajstić information content (AvgIpc) is 3.08. The van der Waals surface area contributed by atoms with E-state index >= 15 is 0 Å². The van der Waals surface area contributed by atoms with Crippen molar-refractivity contribution in [3.05, 3.63) is 81.4 Å². The third-order valence-corrected chi connectivity index (χ3v) is 10.5. The van der Waals surface area contributed by atoms with Gasteiger partial charge in [-0.3, -0.25) is 14.4 Å². The summed E-state index contributed by atoms with van der Waals surface area (Å²) in [4.78, 5) is 40.3. The zero-order valence-electron chi connectivity index (χ0n) is 27.1. The zero-order valence-corrected chi connectivity index (χ0v) is 27.9. The molecule has 1 aliphatic heterocycles. The van der Waals surface area contributed by atoms with Crippen LogP contribution < -0.4 is 10.2 Å². The van der Waals surface area contributed by atoms with Crippen LogP contribution >= 0.6 is 0 Å². The first-order valence-electron chi connectivity index (χ1n) is 15.6. The summed E-state index contributed by atoms with van der Waals surface area (Å²) in [6.07, 6.45) is -6.66. The molecule has 266 valence electrons. The molecule has 3 aliphatic rings. The van der Waals surface area contributed by atoms with Crippen LogP contribution in [0, 0.1) is 6.92 Å². The molecular weight excluding hydrogens is 678 g/mol. The summed E-state index contributed by atoms with van der Waals surface area (Å²) in [7, 11) is -3.02. The second-order valence-corrected chi connectivity index (χ2v) is 14.1. The second kappa shape index (κ2) is 13.1. The van der Waals surface area contributed by atoms with E-state index in [2.05, 4.69) is 5.48 Å². The fourth-order valence-electron chi connectivity index (χ4n) is 6.71. The smallest absolute Gasteiger partial charge is 0.312 e. The number of phenolic OH excluding ortho intramolecular Hbond substituents is 2. The molecule has 2 aliphatic carbocycles. The van der Waals surface area contributed by atoms with E-state index in [1.165, 1.54) is 44.4 Å². The van der Waals surface area contributed by atoms with Crippen LogP contribution in [-0.4, -0.2) is 95.2 Å². The van der Waals surface area contributed by atoms with Crippen LogP contribution in [0.15, 0.2) is 47.4 Å². The number of aryl methyl sites for hydroxylation is 1. The summed E-state index contributed by atoms with van der Waals surface area (Å²) in [6.45, 7) is 2.16. The van der Waals surface area contributed by atoms with E-state index < -0.39 is 106 Å². The maximum atomic E-state index is 13.9. The number of hydrogen-bond donors (Lipinski definition) is 6. The number of carbonyl (C=O) groups excluding carboxylic acids is 3. The fraction of sp³-hybridized carbons (Fsp3) is 0.382. The summed E-state index contributed by atoms with van der Waals surface area (Å²) in [5, 5.41) is 55.2. The lowest BCUT2D eigenvalue weighted by Gasteiger charge is -2.42. The zero-order chi connectivity index (χ0) is 36.3. The van der Waals surface area contributed by atoms with Gasteiger partial charge in [-0.15, -0.1) is 0 Å². The van der Waals surface area contributed by atoms with Crippen LogP contribution in [0.4, 0.5) is 0 Å². The van der Waals surface area contributed by atoms with Crippen molar-refractivity contribution in [1.82, 2.24) is 5.48 Å².